The second-order valence-electron chi connectivity index (χ2n) is 4.33. The van der Waals surface area contributed by atoms with Crippen LogP contribution < -0.4 is 5.32 Å². The average Bonchev–Trinajstić information content (AvgIpc) is 2.17. The summed E-state index contributed by atoms with van der Waals surface area (Å²) in [6, 6.07) is 0.143. The van der Waals surface area contributed by atoms with Crippen molar-refractivity contribution in [1.29, 1.82) is 0 Å². The lowest BCUT2D eigenvalue weighted by atomic mass is 9.98. The van der Waals surface area contributed by atoms with E-state index < -0.39 is 5.54 Å². The fourth-order valence-corrected chi connectivity index (χ4v) is 1.17. The molecule has 0 aliphatic rings. The molecular weight excluding hydrogens is 182 g/mol. The Morgan fingerprint density at radius 3 is 2.07 bits per heavy atom. The highest BCUT2D eigenvalue weighted by molar-refractivity contribution is 4.86. The van der Waals surface area contributed by atoms with Crippen LogP contribution >= 0.6 is 0 Å². The number of aliphatic hydroxyl groups excluding tert-OH is 2. The summed E-state index contributed by atoms with van der Waals surface area (Å²) in [5.41, 5.74) is -0.631. The molecule has 0 saturated carbocycles. The van der Waals surface area contributed by atoms with Crippen molar-refractivity contribution in [3.05, 3.63) is 0 Å². The number of hydrogen-bond acceptors (Lipinski definition) is 4. The van der Waals surface area contributed by atoms with Crippen molar-refractivity contribution in [3.63, 3.8) is 0 Å². The average molecular weight is 205 g/mol. The first kappa shape index (κ1) is 13.8. The van der Waals surface area contributed by atoms with E-state index in [2.05, 4.69) is 19.2 Å². The molecule has 0 fully saturated rings. The Morgan fingerprint density at radius 1 is 1.29 bits per heavy atom. The first-order chi connectivity index (χ1) is 6.49. The Labute approximate surface area is 86.3 Å². The Morgan fingerprint density at radius 2 is 1.79 bits per heavy atom. The Bertz CT molecular complexity index is 146. The lowest BCUT2D eigenvalue weighted by Crippen LogP contribution is -2.56. The molecule has 4 nitrogen and oxygen atoms in total. The minimum absolute atomic E-state index is 0.0869. The van der Waals surface area contributed by atoms with Gasteiger partial charge in [0.05, 0.1) is 25.4 Å². The van der Waals surface area contributed by atoms with Crippen LogP contribution in [0.3, 0.4) is 0 Å². The fourth-order valence-electron chi connectivity index (χ4n) is 1.17. The van der Waals surface area contributed by atoms with E-state index in [9.17, 15) is 0 Å². The number of methoxy groups -OCH3 is 1. The van der Waals surface area contributed by atoms with Crippen LogP contribution in [0, 0.1) is 5.92 Å². The second-order valence-corrected chi connectivity index (χ2v) is 4.33. The van der Waals surface area contributed by atoms with Gasteiger partial charge < -0.3 is 20.3 Å². The molecule has 14 heavy (non-hydrogen) atoms. The van der Waals surface area contributed by atoms with Gasteiger partial charge in [-0.05, 0) is 12.8 Å². The summed E-state index contributed by atoms with van der Waals surface area (Å²) in [5, 5.41) is 21.4. The highest BCUT2D eigenvalue weighted by Crippen LogP contribution is 2.09. The third-order valence-corrected chi connectivity index (χ3v) is 2.38. The molecule has 0 saturated heterocycles. The molecule has 86 valence electrons. The Hall–Kier alpha value is -0.160. The summed E-state index contributed by atoms with van der Waals surface area (Å²) in [4.78, 5) is 0. The molecule has 0 aromatic heterocycles. The first-order valence-corrected chi connectivity index (χ1v) is 4.97. The molecule has 0 bridgehead atoms. The third kappa shape index (κ3) is 4.37. The smallest absolute Gasteiger partial charge is 0.0633 e. The van der Waals surface area contributed by atoms with Gasteiger partial charge in [0.2, 0.25) is 0 Å². The van der Waals surface area contributed by atoms with Gasteiger partial charge in [-0.1, -0.05) is 13.8 Å². The molecule has 0 rings (SSSR count). The second kappa shape index (κ2) is 6.35. The monoisotopic (exact) mass is 205 g/mol. The van der Waals surface area contributed by atoms with Crippen molar-refractivity contribution in [1.82, 2.24) is 5.32 Å². The van der Waals surface area contributed by atoms with Crippen molar-refractivity contribution in [3.8, 4) is 0 Å². The van der Waals surface area contributed by atoms with E-state index in [1.54, 1.807) is 14.0 Å². The molecule has 4 heteroatoms. The molecule has 0 heterocycles. The van der Waals surface area contributed by atoms with Crippen molar-refractivity contribution < 1.29 is 14.9 Å². The third-order valence-electron chi connectivity index (χ3n) is 2.38. The Balaban J connectivity index is 4.25. The standard InChI is InChI=1S/C10H23NO3/c1-8(2)9(5-14-4)11-10(3,6-12)7-13/h8-9,11-13H,5-7H2,1-4H3. The summed E-state index contributed by atoms with van der Waals surface area (Å²) in [6.45, 7) is 6.34. The van der Waals surface area contributed by atoms with Gasteiger partial charge in [0.25, 0.3) is 0 Å². The maximum Gasteiger partial charge on any atom is 0.0633 e. The van der Waals surface area contributed by atoms with Gasteiger partial charge in [0.15, 0.2) is 0 Å². The molecule has 0 aromatic carbocycles. The molecule has 0 aliphatic heterocycles. The molecular formula is C10H23NO3. The maximum absolute atomic E-state index is 9.12. The van der Waals surface area contributed by atoms with Crippen molar-refractivity contribution >= 4 is 0 Å². The largest absolute Gasteiger partial charge is 0.394 e. The predicted octanol–water partition coefficient (Wildman–Crippen LogP) is -0.00970. The molecule has 3 N–H and O–H groups in total. The van der Waals surface area contributed by atoms with E-state index in [1.165, 1.54) is 0 Å². The number of nitrogens with one attached hydrogen (secondary N) is 1. The van der Waals surface area contributed by atoms with Gasteiger partial charge in [-0.25, -0.2) is 0 Å². The Kier molecular flexibility index (Phi) is 6.27. The molecule has 0 aliphatic carbocycles. The van der Waals surface area contributed by atoms with Crippen molar-refractivity contribution in [2.75, 3.05) is 26.9 Å². The van der Waals surface area contributed by atoms with E-state index in [-0.39, 0.29) is 19.3 Å². The van der Waals surface area contributed by atoms with Gasteiger partial charge in [-0.3, -0.25) is 0 Å². The highest BCUT2D eigenvalue weighted by Gasteiger charge is 2.27. The maximum atomic E-state index is 9.12. The van der Waals surface area contributed by atoms with Gasteiger partial charge in [0, 0.05) is 13.2 Å². The summed E-state index contributed by atoms with van der Waals surface area (Å²) in [5.74, 6) is 0.396. The fraction of sp³-hybridized carbons (Fsp3) is 1.00. The van der Waals surface area contributed by atoms with E-state index in [0.29, 0.717) is 12.5 Å². The SMILES string of the molecule is COCC(NC(C)(CO)CO)C(C)C. The lowest BCUT2D eigenvalue weighted by Gasteiger charge is -2.33. The van der Waals surface area contributed by atoms with E-state index in [0.717, 1.165) is 0 Å². The van der Waals surface area contributed by atoms with Crippen molar-refractivity contribution in [2.24, 2.45) is 5.92 Å². The normalized spacial score (nSPS) is 14.8. The van der Waals surface area contributed by atoms with Crippen molar-refractivity contribution in [2.45, 2.75) is 32.4 Å². The van der Waals surface area contributed by atoms with Crippen LogP contribution in [0.15, 0.2) is 0 Å². The quantitative estimate of drug-likeness (QED) is 0.547. The van der Waals surface area contributed by atoms with E-state index >= 15 is 0 Å². The number of hydrogen-bond donors (Lipinski definition) is 3. The molecule has 0 aromatic rings. The summed E-state index contributed by atoms with van der Waals surface area (Å²) in [6.07, 6.45) is 0. The van der Waals surface area contributed by atoms with Gasteiger partial charge in [-0.15, -0.1) is 0 Å². The first-order valence-electron chi connectivity index (χ1n) is 4.97. The topological polar surface area (TPSA) is 61.7 Å². The zero-order chi connectivity index (χ0) is 11.2. The van der Waals surface area contributed by atoms with Crippen LogP contribution in [0.4, 0.5) is 0 Å². The summed E-state index contributed by atoms with van der Waals surface area (Å²) < 4.78 is 5.07. The highest BCUT2D eigenvalue weighted by atomic mass is 16.5. The van der Waals surface area contributed by atoms with E-state index in [4.69, 9.17) is 14.9 Å². The zero-order valence-corrected chi connectivity index (χ0v) is 9.58. The molecule has 0 spiro atoms. The number of rotatable bonds is 7. The van der Waals surface area contributed by atoms with Crippen LogP contribution in [0.2, 0.25) is 0 Å². The number of ether oxygens (including phenoxy) is 1. The molecule has 1 unspecified atom stereocenters. The van der Waals surface area contributed by atoms with Crippen LogP contribution in [-0.2, 0) is 4.74 Å². The summed E-state index contributed by atoms with van der Waals surface area (Å²) >= 11 is 0. The van der Waals surface area contributed by atoms with Crippen LogP contribution in [0.25, 0.3) is 0 Å². The zero-order valence-electron chi connectivity index (χ0n) is 9.58. The minimum atomic E-state index is -0.631. The molecule has 0 radical (unpaired) electrons. The van der Waals surface area contributed by atoms with Crippen LogP contribution in [-0.4, -0.2) is 48.7 Å². The number of aliphatic hydroxyl groups is 2. The minimum Gasteiger partial charge on any atom is -0.394 e. The van der Waals surface area contributed by atoms with Crippen LogP contribution in [0.5, 0.6) is 0 Å². The molecule has 1 atom stereocenters. The predicted molar refractivity (Wildman–Crippen MR) is 56.2 cm³/mol. The van der Waals surface area contributed by atoms with Gasteiger partial charge in [0.1, 0.15) is 0 Å². The van der Waals surface area contributed by atoms with Gasteiger partial charge in [-0.2, -0.15) is 0 Å². The lowest BCUT2D eigenvalue weighted by molar-refractivity contribution is 0.0641. The van der Waals surface area contributed by atoms with Crippen LogP contribution in [0.1, 0.15) is 20.8 Å². The van der Waals surface area contributed by atoms with E-state index in [1.807, 2.05) is 0 Å². The van der Waals surface area contributed by atoms with Gasteiger partial charge >= 0.3 is 0 Å². The summed E-state index contributed by atoms with van der Waals surface area (Å²) in [7, 11) is 1.65. The molecule has 0 amide bonds.